The molecule has 1 aliphatic carbocycles. The lowest BCUT2D eigenvalue weighted by Gasteiger charge is -2.21. The van der Waals surface area contributed by atoms with Gasteiger partial charge < -0.3 is 19.9 Å². The number of nitrogens with one attached hydrogen (secondary N) is 1. The van der Waals surface area contributed by atoms with Gasteiger partial charge in [-0.15, -0.1) is 0 Å². The molecule has 0 heterocycles. The van der Waals surface area contributed by atoms with E-state index in [1.165, 1.54) is 0 Å². The minimum absolute atomic E-state index is 0.0542. The van der Waals surface area contributed by atoms with E-state index in [4.69, 9.17) is 9.47 Å². The molecule has 2 N–H and O–H groups in total. The summed E-state index contributed by atoms with van der Waals surface area (Å²) in [6, 6.07) is 14.4. The number of carbonyl (C=O) groups excluding carboxylic acids is 2. The molecule has 0 spiro atoms. The Bertz CT molecular complexity index is 917. The van der Waals surface area contributed by atoms with Crippen molar-refractivity contribution in [2.24, 2.45) is 0 Å². The minimum atomic E-state index is -1.43. The van der Waals surface area contributed by atoms with Crippen LogP contribution in [-0.4, -0.2) is 41.4 Å². The molecule has 1 amide bonds. The van der Waals surface area contributed by atoms with Crippen molar-refractivity contribution in [3.63, 3.8) is 0 Å². The van der Waals surface area contributed by atoms with Crippen molar-refractivity contribution in [3.05, 3.63) is 59.7 Å². The van der Waals surface area contributed by atoms with Crippen molar-refractivity contribution in [1.29, 1.82) is 0 Å². The molecule has 0 saturated carbocycles. The molecule has 0 fully saturated rings. The third-order valence-electron chi connectivity index (χ3n) is 4.72. The normalized spacial score (nSPS) is 13.7. The number of alkyl carbamates (subject to hydrolysis) is 1. The largest absolute Gasteiger partial charge is 0.480 e. The van der Waals surface area contributed by atoms with Crippen molar-refractivity contribution in [2.45, 2.75) is 44.8 Å². The van der Waals surface area contributed by atoms with Crippen LogP contribution in [0, 0.1) is 0 Å². The number of fused-ring (bicyclic) bond motifs is 3. The van der Waals surface area contributed by atoms with Gasteiger partial charge in [0.2, 0.25) is 0 Å². The van der Waals surface area contributed by atoms with E-state index in [1.807, 2.05) is 48.5 Å². The molecule has 30 heavy (non-hydrogen) atoms. The predicted octanol–water partition coefficient (Wildman–Crippen LogP) is 3.71. The van der Waals surface area contributed by atoms with Crippen LogP contribution in [0.2, 0.25) is 0 Å². The first kappa shape index (κ1) is 21.4. The first-order valence-corrected chi connectivity index (χ1v) is 9.72. The molecule has 7 heteroatoms. The number of aliphatic carboxylic acids is 1. The summed E-state index contributed by atoms with van der Waals surface area (Å²) in [6.45, 7) is 5.09. The molecule has 0 aliphatic heterocycles. The molecule has 2 aromatic rings. The van der Waals surface area contributed by atoms with E-state index >= 15 is 0 Å². The fraction of sp³-hybridized carbons (Fsp3) is 0.348. The van der Waals surface area contributed by atoms with Crippen LogP contribution >= 0.6 is 0 Å². The summed E-state index contributed by atoms with van der Waals surface area (Å²) < 4.78 is 10.5. The zero-order valence-electron chi connectivity index (χ0n) is 17.2. The lowest BCUT2D eigenvalue weighted by atomic mass is 9.98. The summed E-state index contributed by atoms with van der Waals surface area (Å²) in [5.74, 6) is -2.19. The summed E-state index contributed by atoms with van der Waals surface area (Å²) in [6.07, 6.45) is -1.38. The molecule has 1 atom stereocenters. The maximum Gasteiger partial charge on any atom is 0.407 e. The highest BCUT2D eigenvalue weighted by atomic mass is 16.6. The van der Waals surface area contributed by atoms with Gasteiger partial charge in [-0.05, 0) is 43.0 Å². The molecule has 3 rings (SSSR count). The van der Waals surface area contributed by atoms with Crippen LogP contribution in [-0.2, 0) is 19.1 Å². The highest BCUT2D eigenvalue weighted by Gasteiger charge is 2.30. The number of rotatable bonds is 6. The number of benzene rings is 2. The number of carbonyl (C=O) groups is 3. The van der Waals surface area contributed by atoms with E-state index < -0.39 is 36.1 Å². The van der Waals surface area contributed by atoms with Crippen molar-refractivity contribution in [2.75, 3.05) is 6.61 Å². The highest BCUT2D eigenvalue weighted by molar-refractivity contribution is 5.85. The fourth-order valence-corrected chi connectivity index (χ4v) is 3.53. The third kappa shape index (κ3) is 4.97. The van der Waals surface area contributed by atoms with Crippen molar-refractivity contribution in [3.8, 4) is 11.1 Å². The van der Waals surface area contributed by atoms with Crippen molar-refractivity contribution in [1.82, 2.24) is 5.32 Å². The topological polar surface area (TPSA) is 102 Å². The average molecular weight is 412 g/mol. The van der Waals surface area contributed by atoms with E-state index in [1.54, 1.807) is 20.8 Å². The van der Waals surface area contributed by atoms with Gasteiger partial charge in [-0.25, -0.2) is 9.59 Å². The SMILES string of the molecule is CC(C)(C)OC(=O)C[C@H]([15NH]C(=O)OCC1c2ccccc2-c2ccccc21)C(=O)O. The van der Waals surface area contributed by atoms with Crippen LogP contribution in [0.3, 0.4) is 0 Å². The van der Waals surface area contributed by atoms with Crippen LogP contribution < -0.4 is 5.32 Å². The zero-order chi connectivity index (χ0) is 21.9. The second-order valence-electron chi connectivity index (χ2n) is 8.15. The second kappa shape index (κ2) is 8.57. The summed E-state index contributed by atoms with van der Waals surface area (Å²) >= 11 is 0. The van der Waals surface area contributed by atoms with Gasteiger partial charge in [0, 0.05) is 5.92 Å². The Balaban J connectivity index is 1.64. The highest BCUT2D eigenvalue weighted by Crippen LogP contribution is 2.44. The number of carboxylic acid groups (broad SMARTS) is 1. The van der Waals surface area contributed by atoms with Gasteiger partial charge in [-0.2, -0.15) is 0 Å². The number of amides is 1. The van der Waals surface area contributed by atoms with E-state index in [9.17, 15) is 19.5 Å². The number of esters is 1. The molecule has 1 aliphatic rings. The summed E-state index contributed by atoms with van der Waals surface area (Å²) in [5.41, 5.74) is 3.54. The maximum atomic E-state index is 12.3. The number of hydrogen-bond acceptors (Lipinski definition) is 5. The van der Waals surface area contributed by atoms with Gasteiger partial charge in [0.1, 0.15) is 18.2 Å². The van der Waals surface area contributed by atoms with Gasteiger partial charge in [0.15, 0.2) is 0 Å². The standard InChI is InChI=1S/C23H25NO6/c1-23(2,3)30-20(25)12-19(21(26)27)24-22(28)29-13-18-16-10-6-4-8-14(16)15-9-5-7-11-17(15)18/h4-11,18-19H,12-13H2,1-3H3,(H,24,28)(H,26,27)/t19-/m0/s1/i24+1. The Hall–Kier alpha value is -3.35. The summed E-state index contributed by atoms with van der Waals surface area (Å²) in [5, 5.41) is 11.6. The Morgan fingerprint density at radius 3 is 2.03 bits per heavy atom. The molecule has 0 radical (unpaired) electrons. The lowest BCUT2D eigenvalue weighted by molar-refractivity contribution is -0.158. The Kier molecular flexibility index (Phi) is 6.10. The van der Waals surface area contributed by atoms with E-state index in [0.29, 0.717) is 0 Å². The molecule has 0 aromatic heterocycles. The van der Waals surface area contributed by atoms with Crippen molar-refractivity contribution < 1.29 is 29.0 Å². The zero-order valence-corrected chi connectivity index (χ0v) is 17.2. The lowest BCUT2D eigenvalue weighted by Crippen LogP contribution is -2.43. The van der Waals surface area contributed by atoms with Gasteiger partial charge in [0.25, 0.3) is 0 Å². The smallest absolute Gasteiger partial charge is 0.407 e. The average Bonchev–Trinajstić information content (AvgIpc) is 2.98. The van der Waals surface area contributed by atoms with Crippen molar-refractivity contribution >= 4 is 18.0 Å². The van der Waals surface area contributed by atoms with Crippen LogP contribution in [0.1, 0.15) is 44.2 Å². The van der Waals surface area contributed by atoms with E-state index in [-0.39, 0.29) is 12.5 Å². The van der Waals surface area contributed by atoms with E-state index in [2.05, 4.69) is 5.32 Å². The minimum Gasteiger partial charge on any atom is -0.480 e. The first-order chi connectivity index (χ1) is 14.2. The quantitative estimate of drug-likeness (QED) is 0.554. The van der Waals surface area contributed by atoms with Crippen LogP contribution in [0.4, 0.5) is 4.79 Å². The first-order valence-electron chi connectivity index (χ1n) is 9.72. The Morgan fingerprint density at radius 1 is 1.00 bits per heavy atom. The van der Waals surface area contributed by atoms with Crippen LogP contribution in [0.25, 0.3) is 11.1 Å². The molecule has 158 valence electrons. The van der Waals surface area contributed by atoms with Gasteiger partial charge in [-0.1, -0.05) is 48.5 Å². The van der Waals surface area contributed by atoms with Gasteiger partial charge >= 0.3 is 18.0 Å². The number of carboxylic acids is 1. The number of hydrogen-bond donors (Lipinski definition) is 2. The van der Waals surface area contributed by atoms with Gasteiger partial charge in [-0.3, -0.25) is 4.79 Å². The maximum absolute atomic E-state index is 12.3. The van der Waals surface area contributed by atoms with Crippen LogP contribution in [0.15, 0.2) is 48.5 Å². The number of ether oxygens (including phenoxy) is 2. The molecule has 0 saturated heterocycles. The summed E-state index contributed by atoms with van der Waals surface area (Å²) in [4.78, 5) is 35.6. The van der Waals surface area contributed by atoms with Gasteiger partial charge in [0.05, 0.1) is 6.42 Å². The molecular weight excluding hydrogens is 387 g/mol. The Labute approximate surface area is 175 Å². The third-order valence-corrected chi connectivity index (χ3v) is 4.72. The molecular formula is C23H25NO6. The van der Waals surface area contributed by atoms with Crippen LogP contribution in [0.5, 0.6) is 0 Å². The Morgan fingerprint density at radius 2 is 1.53 bits per heavy atom. The molecule has 0 bridgehead atoms. The molecule has 0 unspecified atom stereocenters. The van der Waals surface area contributed by atoms with E-state index in [0.717, 1.165) is 22.3 Å². The predicted molar refractivity (Wildman–Crippen MR) is 110 cm³/mol. The second-order valence-corrected chi connectivity index (χ2v) is 8.15. The molecule has 7 nitrogen and oxygen atoms in total. The summed E-state index contributed by atoms with van der Waals surface area (Å²) in [7, 11) is 0. The molecule has 2 aromatic carbocycles. The monoisotopic (exact) mass is 412 g/mol. The fourth-order valence-electron chi connectivity index (χ4n) is 3.53.